The van der Waals surface area contributed by atoms with Crippen molar-refractivity contribution in [3.05, 3.63) is 35.4 Å². The molecule has 0 heterocycles. The van der Waals surface area contributed by atoms with Gasteiger partial charge in [-0.15, -0.1) is 0 Å². The second-order valence-corrected chi connectivity index (χ2v) is 7.83. The number of carbonyl (C=O) groups excluding carboxylic acids is 1. The second-order valence-electron chi connectivity index (χ2n) is 7.83. The SMILES string of the molecule is CCCCCCOC(=O)C1CCC(O)(c2ccc(CCCC)cc2)CC1. The van der Waals surface area contributed by atoms with Crippen LogP contribution in [0.2, 0.25) is 0 Å². The molecule has 1 aromatic carbocycles. The van der Waals surface area contributed by atoms with E-state index in [-0.39, 0.29) is 11.9 Å². The maximum Gasteiger partial charge on any atom is 0.308 e. The van der Waals surface area contributed by atoms with E-state index in [0.29, 0.717) is 32.3 Å². The second kappa shape index (κ2) is 10.7. The molecule has 1 N–H and O–H groups in total. The largest absolute Gasteiger partial charge is 0.465 e. The van der Waals surface area contributed by atoms with E-state index in [9.17, 15) is 9.90 Å². The zero-order valence-corrected chi connectivity index (χ0v) is 16.6. The third-order valence-electron chi connectivity index (χ3n) is 5.70. The standard InChI is InChI=1S/C23H36O3/c1-3-5-7-8-18-26-22(24)20-14-16-23(25,17-15-20)21-12-10-19(11-13-21)9-6-4-2/h10-13,20,25H,3-9,14-18H2,1-2H3. The van der Waals surface area contributed by atoms with Crippen LogP contribution in [0.15, 0.2) is 24.3 Å². The van der Waals surface area contributed by atoms with E-state index in [1.165, 1.54) is 31.2 Å². The predicted molar refractivity (Wildman–Crippen MR) is 106 cm³/mol. The van der Waals surface area contributed by atoms with Crippen LogP contribution in [0.3, 0.4) is 0 Å². The Morgan fingerprint density at radius 2 is 1.69 bits per heavy atom. The van der Waals surface area contributed by atoms with Crippen LogP contribution in [0.5, 0.6) is 0 Å². The molecule has 0 bridgehead atoms. The molecule has 0 amide bonds. The van der Waals surface area contributed by atoms with Crippen molar-refractivity contribution in [2.24, 2.45) is 5.92 Å². The fourth-order valence-electron chi connectivity index (χ4n) is 3.80. The monoisotopic (exact) mass is 360 g/mol. The van der Waals surface area contributed by atoms with Crippen molar-refractivity contribution in [2.75, 3.05) is 6.61 Å². The normalized spacial score (nSPS) is 23.0. The number of unbranched alkanes of at least 4 members (excludes halogenated alkanes) is 4. The van der Waals surface area contributed by atoms with E-state index in [1.54, 1.807) is 0 Å². The average Bonchev–Trinajstić information content (AvgIpc) is 2.67. The highest BCUT2D eigenvalue weighted by Crippen LogP contribution is 2.40. The van der Waals surface area contributed by atoms with E-state index in [4.69, 9.17) is 4.74 Å². The molecule has 3 heteroatoms. The highest BCUT2D eigenvalue weighted by molar-refractivity contribution is 5.72. The first-order chi connectivity index (χ1) is 12.6. The lowest BCUT2D eigenvalue weighted by Gasteiger charge is -2.35. The van der Waals surface area contributed by atoms with E-state index >= 15 is 0 Å². The highest BCUT2D eigenvalue weighted by atomic mass is 16.5. The first-order valence-corrected chi connectivity index (χ1v) is 10.6. The van der Waals surface area contributed by atoms with Crippen LogP contribution in [0.25, 0.3) is 0 Å². The van der Waals surface area contributed by atoms with E-state index in [1.807, 2.05) is 0 Å². The van der Waals surface area contributed by atoms with Gasteiger partial charge in [-0.3, -0.25) is 4.79 Å². The number of aliphatic hydroxyl groups is 1. The van der Waals surface area contributed by atoms with Gasteiger partial charge in [-0.2, -0.15) is 0 Å². The topological polar surface area (TPSA) is 46.5 Å². The minimum Gasteiger partial charge on any atom is -0.465 e. The van der Waals surface area contributed by atoms with Gasteiger partial charge >= 0.3 is 5.97 Å². The molecule has 3 nitrogen and oxygen atoms in total. The predicted octanol–water partition coefficient (Wildman–Crippen LogP) is 5.53. The minimum atomic E-state index is -0.790. The van der Waals surface area contributed by atoms with Crippen LogP contribution in [-0.2, 0) is 21.6 Å². The molecule has 0 atom stereocenters. The maximum absolute atomic E-state index is 12.2. The molecular formula is C23H36O3. The molecule has 0 aliphatic heterocycles. The van der Waals surface area contributed by atoms with Crippen LogP contribution in [-0.4, -0.2) is 17.7 Å². The molecule has 1 fully saturated rings. The van der Waals surface area contributed by atoms with Crippen LogP contribution in [0.4, 0.5) is 0 Å². The third-order valence-corrected chi connectivity index (χ3v) is 5.70. The summed E-state index contributed by atoms with van der Waals surface area (Å²) < 4.78 is 5.43. The molecule has 1 saturated carbocycles. The first-order valence-electron chi connectivity index (χ1n) is 10.6. The Kier molecular flexibility index (Phi) is 8.64. The van der Waals surface area contributed by atoms with Crippen molar-refractivity contribution in [3.8, 4) is 0 Å². The number of benzene rings is 1. The van der Waals surface area contributed by atoms with Gasteiger partial charge in [0.15, 0.2) is 0 Å². The first kappa shape index (κ1) is 21.0. The van der Waals surface area contributed by atoms with Gasteiger partial charge in [0.1, 0.15) is 0 Å². The Labute approximate surface area is 159 Å². The van der Waals surface area contributed by atoms with Crippen molar-refractivity contribution in [3.63, 3.8) is 0 Å². The minimum absolute atomic E-state index is 0.0507. The maximum atomic E-state index is 12.2. The molecule has 0 saturated heterocycles. The zero-order valence-electron chi connectivity index (χ0n) is 16.6. The van der Waals surface area contributed by atoms with Gasteiger partial charge < -0.3 is 9.84 Å². The molecule has 1 aliphatic rings. The van der Waals surface area contributed by atoms with Crippen molar-refractivity contribution in [1.82, 2.24) is 0 Å². The molecule has 146 valence electrons. The number of carbonyl (C=O) groups is 1. The van der Waals surface area contributed by atoms with Crippen molar-refractivity contribution >= 4 is 5.97 Å². The van der Waals surface area contributed by atoms with E-state index in [2.05, 4.69) is 38.1 Å². The van der Waals surface area contributed by atoms with Gasteiger partial charge in [0, 0.05) is 0 Å². The molecule has 2 rings (SSSR count). The summed E-state index contributed by atoms with van der Waals surface area (Å²) in [5.41, 5.74) is 1.53. The lowest BCUT2D eigenvalue weighted by atomic mass is 9.75. The van der Waals surface area contributed by atoms with Crippen LogP contribution in [0, 0.1) is 5.92 Å². The number of hydrogen-bond donors (Lipinski definition) is 1. The zero-order chi connectivity index (χ0) is 18.8. The summed E-state index contributed by atoms with van der Waals surface area (Å²) in [7, 11) is 0. The molecule has 0 radical (unpaired) electrons. The smallest absolute Gasteiger partial charge is 0.308 e. The molecule has 1 aliphatic carbocycles. The van der Waals surface area contributed by atoms with Crippen LogP contribution < -0.4 is 0 Å². The lowest BCUT2D eigenvalue weighted by molar-refractivity contribution is -0.152. The average molecular weight is 361 g/mol. The van der Waals surface area contributed by atoms with Gasteiger partial charge in [0.2, 0.25) is 0 Å². The Bertz CT molecular complexity index is 527. The summed E-state index contributed by atoms with van der Waals surface area (Å²) in [6.45, 7) is 4.92. The van der Waals surface area contributed by atoms with Gasteiger partial charge in [0.25, 0.3) is 0 Å². The molecule has 0 spiro atoms. The van der Waals surface area contributed by atoms with Gasteiger partial charge in [-0.25, -0.2) is 0 Å². The quantitative estimate of drug-likeness (QED) is 0.441. The summed E-state index contributed by atoms with van der Waals surface area (Å²) in [4.78, 5) is 12.2. The molecule has 1 aromatic rings. The third kappa shape index (κ3) is 6.12. The fourth-order valence-corrected chi connectivity index (χ4v) is 3.80. The molecule has 0 unspecified atom stereocenters. The van der Waals surface area contributed by atoms with Crippen molar-refractivity contribution < 1.29 is 14.6 Å². The summed E-state index contributed by atoms with van der Waals surface area (Å²) >= 11 is 0. The number of esters is 1. The number of rotatable bonds is 10. The fraction of sp³-hybridized carbons (Fsp3) is 0.696. The number of aryl methyl sites for hydroxylation is 1. The van der Waals surface area contributed by atoms with Gasteiger partial charge in [-0.05, 0) is 56.1 Å². The van der Waals surface area contributed by atoms with Crippen LogP contribution in [0.1, 0.15) is 89.2 Å². The molecular weight excluding hydrogens is 324 g/mol. The molecule has 26 heavy (non-hydrogen) atoms. The van der Waals surface area contributed by atoms with Crippen LogP contribution >= 0.6 is 0 Å². The lowest BCUT2D eigenvalue weighted by Crippen LogP contribution is -2.34. The summed E-state index contributed by atoms with van der Waals surface area (Å²) in [5.74, 6) is -0.122. The summed E-state index contributed by atoms with van der Waals surface area (Å²) in [6, 6.07) is 8.41. The Morgan fingerprint density at radius 1 is 1.04 bits per heavy atom. The van der Waals surface area contributed by atoms with Crippen molar-refractivity contribution in [2.45, 2.75) is 90.1 Å². The Morgan fingerprint density at radius 3 is 2.31 bits per heavy atom. The van der Waals surface area contributed by atoms with E-state index < -0.39 is 5.60 Å². The highest BCUT2D eigenvalue weighted by Gasteiger charge is 2.37. The summed E-state index contributed by atoms with van der Waals surface area (Å²) in [6.07, 6.45) is 10.7. The summed E-state index contributed by atoms with van der Waals surface area (Å²) in [5, 5.41) is 11.0. The Hall–Kier alpha value is -1.35. The Balaban J connectivity index is 1.79. The number of ether oxygens (including phenoxy) is 1. The van der Waals surface area contributed by atoms with E-state index in [0.717, 1.165) is 24.8 Å². The van der Waals surface area contributed by atoms with Crippen molar-refractivity contribution in [1.29, 1.82) is 0 Å². The number of hydrogen-bond acceptors (Lipinski definition) is 3. The van der Waals surface area contributed by atoms with Gasteiger partial charge in [-0.1, -0.05) is 63.8 Å². The molecule has 0 aromatic heterocycles. The van der Waals surface area contributed by atoms with Gasteiger partial charge in [0.05, 0.1) is 18.1 Å².